The lowest BCUT2D eigenvalue weighted by molar-refractivity contribution is -0.114. The maximum absolute atomic E-state index is 13.1. The summed E-state index contributed by atoms with van der Waals surface area (Å²) in [5.74, 6) is 0.606. The van der Waals surface area contributed by atoms with Gasteiger partial charge in [0.1, 0.15) is 0 Å². The Kier molecular flexibility index (Phi) is 9.11. The van der Waals surface area contributed by atoms with Gasteiger partial charge >= 0.3 is 0 Å². The summed E-state index contributed by atoms with van der Waals surface area (Å²) in [4.78, 5) is 39.3. The van der Waals surface area contributed by atoms with Crippen LogP contribution < -0.4 is 10.2 Å². The Morgan fingerprint density at radius 3 is 2.73 bits per heavy atom. The summed E-state index contributed by atoms with van der Waals surface area (Å²) in [6, 6.07) is 5.58. The van der Waals surface area contributed by atoms with Gasteiger partial charge in [-0.1, -0.05) is 23.7 Å². The molecular weight excluding hydrogens is 460 g/mol. The van der Waals surface area contributed by atoms with Crippen LogP contribution in [0.3, 0.4) is 0 Å². The molecule has 0 spiro atoms. The Balaban J connectivity index is 1.60. The minimum absolute atomic E-state index is 0.0678. The van der Waals surface area contributed by atoms with E-state index in [1.165, 1.54) is 12.4 Å². The van der Waals surface area contributed by atoms with E-state index in [1.807, 2.05) is 43.3 Å². The van der Waals surface area contributed by atoms with Crippen LogP contribution in [0, 0.1) is 0 Å². The van der Waals surface area contributed by atoms with Crippen LogP contribution in [0.25, 0.3) is 0 Å². The van der Waals surface area contributed by atoms with E-state index in [4.69, 9.17) is 11.6 Å². The van der Waals surface area contributed by atoms with Crippen molar-refractivity contribution in [3.05, 3.63) is 58.9 Å². The monoisotopic (exact) mass is 488 g/mol. The number of carbonyl (C=O) groups excluding carboxylic acids is 2. The normalized spacial score (nSPS) is 12.9. The Bertz CT molecular complexity index is 999. The van der Waals surface area contributed by atoms with E-state index in [1.54, 1.807) is 15.9 Å². The summed E-state index contributed by atoms with van der Waals surface area (Å²) in [6.45, 7) is 2.44. The molecule has 1 aromatic heterocycles. The van der Waals surface area contributed by atoms with Crippen LogP contribution in [-0.2, 0) is 11.2 Å². The van der Waals surface area contributed by atoms with Gasteiger partial charge in [-0.15, -0.1) is 0 Å². The van der Waals surface area contributed by atoms with Crippen LogP contribution in [0.5, 0.6) is 0 Å². The minimum Gasteiger partial charge on any atom is -0.354 e. The summed E-state index contributed by atoms with van der Waals surface area (Å²) in [5.41, 5.74) is 2.43. The van der Waals surface area contributed by atoms with E-state index in [0.717, 1.165) is 17.7 Å². The predicted molar refractivity (Wildman–Crippen MR) is 135 cm³/mol. The Morgan fingerprint density at radius 1 is 1.27 bits per heavy atom. The lowest BCUT2D eigenvalue weighted by atomic mass is 10.1. The number of halogens is 1. The number of nitrogens with one attached hydrogen (secondary N) is 1. The molecule has 176 valence electrons. The van der Waals surface area contributed by atoms with Crippen molar-refractivity contribution in [2.24, 2.45) is 0 Å². The van der Waals surface area contributed by atoms with Gasteiger partial charge in [0.2, 0.25) is 5.95 Å². The molecule has 8 nitrogen and oxygen atoms in total. The van der Waals surface area contributed by atoms with E-state index in [-0.39, 0.29) is 11.8 Å². The average molecular weight is 489 g/mol. The van der Waals surface area contributed by atoms with E-state index < -0.39 is 0 Å². The first-order valence-electron chi connectivity index (χ1n) is 10.8. The average Bonchev–Trinajstić information content (AvgIpc) is 3.23. The van der Waals surface area contributed by atoms with Gasteiger partial charge < -0.3 is 20.0 Å². The fourth-order valence-electron chi connectivity index (χ4n) is 3.49. The molecule has 2 amide bonds. The molecule has 0 atom stereocenters. The van der Waals surface area contributed by atoms with E-state index in [2.05, 4.69) is 27.9 Å². The van der Waals surface area contributed by atoms with Gasteiger partial charge in [-0.25, -0.2) is 9.97 Å². The van der Waals surface area contributed by atoms with Crippen molar-refractivity contribution in [1.29, 1.82) is 0 Å². The standard InChI is InChI=1S/C23H29ClN6O2S/c1-28(2)10-3-5-21(31)30-12-8-17-6-7-18(13-20(17)30)22(32)29(16-33)11-4-9-25-23-26-14-19(24)15-27-23/h3,5-7,13-15,33H,4,8-12,16H2,1-2H3,(H,25,26,27)/b5-3+. The van der Waals surface area contributed by atoms with Crippen LogP contribution >= 0.6 is 24.2 Å². The summed E-state index contributed by atoms with van der Waals surface area (Å²) >= 11 is 10.1. The number of anilines is 2. The number of carbonyl (C=O) groups is 2. The van der Waals surface area contributed by atoms with Crippen molar-refractivity contribution >= 4 is 47.7 Å². The second kappa shape index (κ2) is 12.0. The third kappa shape index (κ3) is 6.93. The molecule has 10 heteroatoms. The minimum atomic E-state index is -0.113. The van der Waals surface area contributed by atoms with E-state index in [0.29, 0.717) is 55.0 Å². The molecule has 2 aromatic rings. The number of aromatic nitrogens is 2. The zero-order chi connectivity index (χ0) is 23.8. The van der Waals surface area contributed by atoms with Crippen LogP contribution in [-0.4, -0.2) is 77.7 Å². The lowest BCUT2D eigenvalue weighted by Gasteiger charge is -2.22. The highest BCUT2D eigenvalue weighted by molar-refractivity contribution is 7.80. The third-order valence-electron chi connectivity index (χ3n) is 5.19. The summed E-state index contributed by atoms with van der Waals surface area (Å²) in [7, 11) is 3.90. The second-order valence-corrected chi connectivity index (χ2v) is 8.68. The maximum atomic E-state index is 13.1. The first-order valence-corrected chi connectivity index (χ1v) is 11.8. The van der Waals surface area contributed by atoms with Gasteiger partial charge in [0.05, 0.1) is 23.3 Å². The molecule has 0 fully saturated rings. The number of nitrogens with zero attached hydrogens (tertiary/aromatic N) is 5. The molecule has 2 heterocycles. The molecule has 0 saturated carbocycles. The van der Waals surface area contributed by atoms with Gasteiger partial charge in [-0.05, 0) is 44.6 Å². The lowest BCUT2D eigenvalue weighted by Crippen LogP contribution is -2.32. The molecule has 0 radical (unpaired) electrons. The van der Waals surface area contributed by atoms with Crippen LogP contribution in [0.15, 0.2) is 42.7 Å². The van der Waals surface area contributed by atoms with Crippen LogP contribution in [0.4, 0.5) is 11.6 Å². The van der Waals surface area contributed by atoms with Crippen molar-refractivity contribution in [3.63, 3.8) is 0 Å². The first-order chi connectivity index (χ1) is 15.9. The summed E-state index contributed by atoms with van der Waals surface area (Å²) < 4.78 is 0. The number of hydrogen-bond donors (Lipinski definition) is 2. The molecule has 3 rings (SSSR count). The molecule has 1 aliphatic heterocycles. The Morgan fingerprint density at radius 2 is 2.03 bits per heavy atom. The number of fused-ring (bicyclic) bond motifs is 1. The molecule has 1 aromatic carbocycles. The molecule has 1 N–H and O–H groups in total. The van der Waals surface area contributed by atoms with Crippen molar-refractivity contribution in [1.82, 2.24) is 19.8 Å². The summed E-state index contributed by atoms with van der Waals surface area (Å²) in [5, 5.41) is 3.59. The summed E-state index contributed by atoms with van der Waals surface area (Å²) in [6.07, 6.45) is 7.99. The smallest absolute Gasteiger partial charge is 0.254 e. The van der Waals surface area contributed by atoms with Crippen LogP contribution in [0.2, 0.25) is 5.02 Å². The van der Waals surface area contributed by atoms with Gasteiger partial charge in [0, 0.05) is 43.5 Å². The van der Waals surface area contributed by atoms with E-state index >= 15 is 0 Å². The fourth-order valence-corrected chi connectivity index (χ4v) is 3.86. The largest absolute Gasteiger partial charge is 0.354 e. The number of hydrogen-bond acceptors (Lipinski definition) is 7. The number of rotatable bonds is 10. The molecule has 0 bridgehead atoms. The van der Waals surface area contributed by atoms with Gasteiger partial charge in [-0.3, -0.25) is 9.59 Å². The highest BCUT2D eigenvalue weighted by Gasteiger charge is 2.25. The highest BCUT2D eigenvalue weighted by atomic mass is 35.5. The predicted octanol–water partition coefficient (Wildman–Crippen LogP) is 2.97. The third-order valence-corrected chi connectivity index (χ3v) is 5.73. The van der Waals surface area contributed by atoms with E-state index in [9.17, 15) is 9.59 Å². The molecular formula is C23H29ClN6O2S. The van der Waals surface area contributed by atoms with Gasteiger partial charge in [0.15, 0.2) is 0 Å². The number of thiol groups is 1. The second-order valence-electron chi connectivity index (χ2n) is 7.96. The number of benzene rings is 1. The Labute approximate surface area is 205 Å². The molecule has 1 aliphatic rings. The highest BCUT2D eigenvalue weighted by Crippen LogP contribution is 2.30. The number of amides is 2. The quantitative estimate of drug-likeness (QED) is 0.231. The van der Waals surface area contributed by atoms with Crippen LogP contribution in [0.1, 0.15) is 22.3 Å². The molecule has 0 aliphatic carbocycles. The SMILES string of the molecule is CN(C)C/C=C/C(=O)N1CCc2ccc(C(=O)N(CS)CCCNc3ncc(Cl)cn3)cc21. The van der Waals surface area contributed by atoms with Crippen molar-refractivity contribution in [2.45, 2.75) is 12.8 Å². The van der Waals surface area contributed by atoms with Crippen molar-refractivity contribution < 1.29 is 9.59 Å². The molecule has 0 unspecified atom stereocenters. The zero-order valence-corrected chi connectivity index (χ0v) is 20.5. The Hall–Kier alpha value is -2.62. The molecule has 0 saturated heterocycles. The van der Waals surface area contributed by atoms with Gasteiger partial charge in [-0.2, -0.15) is 12.6 Å². The van der Waals surface area contributed by atoms with Gasteiger partial charge in [0.25, 0.3) is 11.8 Å². The maximum Gasteiger partial charge on any atom is 0.254 e. The molecule has 33 heavy (non-hydrogen) atoms. The fraction of sp³-hybridized carbons (Fsp3) is 0.391. The number of likely N-dealkylation sites (N-methyl/N-ethyl adjacent to an activating group) is 1. The zero-order valence-electron chi connectivity index (χ0n) is 18.9. The van der Waals surface area contributed by atoms with Crippen molar-refractivity contribution in [3.8, 4) is 0 Å². The topological polar surface area (TPSA) is 81.7 Å². The van der Waals surface area contributed by atoms with Crippen molar-refractivity contribution in [2.75, 3.05) is 56.4 Å². The first kappa shape index (κ1) is 25.0.